The number of hydrogen-bond acceptors (Lipinski definition) is 4. The van der Waals surface area contributed by atoms with Gasteiger partial charge in [0.05, 0.1) is 11.6 Å². The lowest BCUT2D eigenvalue weighted by atomic mass is 10.2. The molecule has 1 amide bonds. The van der Waals surface area contributed by atoms with Crippen molar-refractivity contribution in [3.63, 3.8) is 0 Å². The molecule has 1 aromatic heterocycles. The zero-order chi connectivity index (χ0) is 12.7. The Morgan fingerprint density at radius 1 is 1.39 bits per heavy atom. The minimum Gasteiger partial charge on any atom is -0.408 e. The third-order valence-corrected chi connectivity index (χ3v) is 3.08. The summed E-state index contributed by atoms with van der Waals surface area (Å²) >= 11 is 0. The van der Waals surface area contributed by atoms with Gasteiger partial charge in [-0.1, -0.05) is 12.1 Å². The number of nitrogens with zero attached hydrogens (tertiary/aromatic N) is 2. The van der Waals surface area contributed by atoms with Gasteiger partial charge in [0, 0.05) is 13.1 Å². The lowest BCUT2D eigenvalue weighted by Gasteiger charge is -2.35. The summed E-state index contributed by atoms with van der Waals surface area (Å²) in [6.07, 6.45) is -0.438. The average Bonchev–Trinajstić information content (AvgIpc) is 2.62. The first kappa shape index (κ1) is 11.0. The minimum absolute atomic E-state index is 0.0530. The number of aromatic nitrogens is 1. The highest BCUT2D eigenvalue weighted by atomic mass is 16.4. The molecule has 1 aliphatic rings. The fourth-order valence-electron chi connectivity index (χ4n) is 2.06. The molecule has 0 atom stereocenters. The van der Waals surface area contributed by atoms with Gasteiger partial charge in [-0.25, -0.2) is 4.79 Å². The van der Waals surface area contributed by atoms with E-state index >= 15 is 0 Å². The van der Waals surface area contributed by atoms with Gasteiger partial charge in [-0.15, -0.1) is 0 Å². The van der Waals surface area contributed by atoms with E-state index in [2.05, 4.69) is 0 Å². The number of oxazole rings is 1. The molecule has 18 heavy (non-hydrogen) atoms. The van der Waals surface area contributed by atoms with E-state index < -0.39 is 11.9 Å². The van der Waals surface area contributed by atoms with E-state index in [0.717, 1.165) is 0 Å². The number of benzene rings is 1. The maximum absolute atomic E-state index is 11.8. The molecule has 2 aromatic rings. The molecule has 3 rings (SSSR count). The first-order valence-electron chi connectivity index (χ1n) is 5.69. The third kappa shape index (κ3) is 1.70. The van der Waals surface area contributed by atoms with Crippen LogP contribution >= 0.6 is 0 Å². The number of fused-ring (bicyclic) bond motifs is 1. The number of aliphatic hydroxyl groups excluding tert-OH is 1. The van der Waals surface area contributed by atoms with Gasteiger partial charge in [-0.2, -0.15) is 0 Å². The molecule has 0 radical (unpaired) electrons. The molecule has 0 bridgehead atoms. The van der Waals surface area contributed by atoms with Crippen molar-refractivity contribution >= 4 is 17.0 Å². The van der Waals surface area contributed by atoms with Crippen molar-refractivity contribution in [2.75, 3.05) is 13.1 Å². The molecule has 1 fully saturated rings. The van der Waals surface area contributed by atoms with E-state index in [9.17, 15) is 9.59 Å². The standard InChI is InChI=1S/C12H12N2O4/c15-8-5-13(6-8)11(16)7-14-9-3-1-2-4-10(9)18-12(14)17/h1-4,8,15H,5-7H2. The summed E-state index contributed by atoms with van der Waals surface area (Å²) < 4.78 is 6.35. The van der Waals surface area contributed by atoms with Crippen LogP contribution in [0.2, 0.25) is 0 Å². The molecule has 1 N–H and O–H groups in total. The average molecular weight is 248 g/mol. The van der Waals surface area contributed by atoms with Crippen LogP contribution in [0.25, 0.3) is 11.1 Å². The number of carbonyl (C=O) groups is 1. The highest BCUT2D eigenvalue weighted by Gasteiger charge is 2.29. The quantitative estimate of drug-likeness (QED) is 0.798. The number of carbonyl (C=O) groups excluding carboxylic acids is 1. The van der Waals surface area contributed by atoms with Gasteiger partial charge in [0.1, 0.15) is 6.54 Å². The molecule has 0 saturated carbocycles. The fraction of sp³-hybridized carbons (Fsp3) is 0.333. The summed E-state index contributed by atoms with van der Waals surface area (Å²) in [6, 6.07) is 6.97. The van der Waals surface area contributed by atoms with Gasteiger partial charge in [0.2, 0.25) is 5.91 Å². The summed E-state index contributed by atoms with van der Waals surface area (Å²) in [5.41, 5.74) is 1.08. The van der Waals surface area contributed by atoms with Crippen LogP contribution in [0.15, 0.2) is 33.5 Å². The topological polar surface area (TPSA) is 75.7 Å². The van der Waals surface area contributed by atoms with Crippen LogP contribution in [0.3, 0.4) is 0 Å². The number of para-hydroxylation sites is 2. The Morgan fingerprint density at radius 3 is 2.83 bits per heavy atom. The second-order valence-corrected chi connectivity index (χ2v) is 4.37. The van der Waals surface area contributed by atoms with Crippen LogP contribution in [0.5, 0.6) is 0 Å². The molecule has 0 unspecified atom stereocenters. The van der Waals surface area contributed by atoms with Crippen molar-refractivity contribution in [1.82, 2.24) is 9.47 Å². The molecule has 6 nitrogen and oxygen atoms in total. The van der Waals surface area contributed by atoms with Gasteiger partial charge < -0.3 is 14.4 Å². The molecule has 1 aromatic carbocycles. The molecular weight excluding hydrogens is 236 g/mol. The van der Waals surface area contributed by atoms with Crippen molar-refractivity contribution in [2.45, 2.75) is 12.6 Å². The summed E-state index contributed by atoms with van der Waals surface area (Å²) in [5, 5.41) is 9.14. The number of hydrogen-bond donors (Lipinski definition) is 1. The zero-order valence-electron chi connectivity index (χ0n) is 9.57. The molecule has 0 spiro atoms. The molecular formula is C12H12N2O4. The lowest BCUT2D eigenvalue weighted by molar-refractivity contribution is -0.141. The van der Waals surface area contributed by atoms with E-state index in [4.69, 9.17) is 9.52 Å². The monoisotopic (exact) mass is 248 g/mol. The Bertz CT molecular complexity index is 651. The van der Waals surface area contributed by atoms with Crippen LogP contribution in [0, 0.1) is 0 Å². The molecule has 1 aliphatic heterocycles. The van der Waals surface area contributed by atoms with Crippen LogP contribution in [0.4, 0.5) is 0 Å². The summed E-state index contributed by atoms with van der Waals surface area (Å²) in [6.45, 7) is 0.620. The van der Waals surface area contributed by atoms with E-state index in [1.54, 1.807) is 24.3 Å². The normalized spacial score (nSPS) is 15.9. The predicted molar refractivity (Wildman–Crippen MR) is 63.1 cm³/mol. The highest BCUT2D eigenvalue weighted by Crippen LogP contribution is 2.13. The Hall–Kier alpha value is -2.08. The van der Waals surface area contributed by atoms with Crippen LogP contribution < -0.4 is 5.76 Å². The maximum Gasteiger partial charge on any atom is 0.420 e. The van der Waals surface area contributed by atoms with Crippen molar-refractivity contribution in [1.29, 1.82) is 0 Å². The van der Waals surface area contributed by atoms with Crippen molar-refractivity contribution in [3.8, 4) is 0 Å². The number of rotatable bonds is 2. The van der Waals surface area contributed by atoms with E-state index in [0.29, 0.717) is 24.2 Å². The van der Waals surface area contributed by atoms with E-state index in [-0.39, 0.29) is 12.5 Å². The van der Waals surface area contributed by atoms with Gasteiger partial charge in [0.15, 0.2) is 5.58 Å². The Morgan fingerprint density at radius 2 is 2.11 bits per heavy atom. The summed E-state index contributed by atoms with van der Waals surface area (Å²) in [5.74, 6) is -0.723. The first-order chi connectivity index (χ1) is 8.65. The largest absolute Gasteiger partial charge is 0.420 e. The summed E-state index contributed by atoms with van der Waals surface area (Å²) in [7, 11) is 0. The predicted octanol–water partition coefficient (Wildman–Crippen LogP) is -0.202. The van der Waals surface area contributed by atoms with Gasteiger partial charge >= 0.3 is 5.76 Å². The number of likely N-dealkylation sites (tertiary alicyclic amines) is 1. The minimum atomic E-state index is -0.536. The summed E-state index contributed by atoms with van der Waals surface area (Å²) in [4.78, 5) is 25.0. The van der Waals surface area contributed by atoms with Crippen LogP contribution in [0.1, 0.15) is 0 Å². The number of β-amino-alcohol motifs (C(OH)–C–C–N with tert-alkyl or cyclic N) is 1. The second kappa shape index (κ2) is 3.99. The first-order valence-corrected chi connectivity index (χ1v) is 5.69. The SMILES string of the molecule is O=C(Cn1c(=O)oc2ccccc21)N1CC(O)C1. The van der Waals surface area contributed by atoms with Crippen LogP contribution in [-0.2, 0) is 11.3 Å². The van der Waals surface area contributed by atoms with Crippen molar-refractivity contribution in [3.05, 3.63) is 34.8 Å². The van der Waals surface area contributed by atoms with Crippen molar-refractivity contribution < 1.29 is 14.3 Å². The highest BCUT2D eigenvalue weighted by molar-refractivity contribution is 5.80. The van der Waals surface area contributed by atoms with E-state index in [1.165, 1.54) is 9.47 Å². The maximum atomic E-state index is 11.8. The molecule has 2 heterocycles. The molecule has 6 heteroatoms. The van der Waals surface area contributed by atoms with Crippen molar-refractivity contribution in [2.24, 2.45) is 0 Å². The fourth-order valence-corrected chi connectivity index (χ4v) is 2.06. The zero-order valence-corrected chi connectivity index (χ0v) is 9.57. The molecule has 0 aliphatic carbocycles. The molecule has 1 saturated heterocycles. The van der Waals surface area contributed by atoms with Gasteiger partial charge in [0.25, 0.3) is 0 Å². The van der Waals surface area contributed by atoms with Gasteiger partial charge in [-0.3, -0.25) is 9.36 Å². The van der Waals surface area contributed by atoms with E-state index in [1.807, 2.05) is 0 Å². The number of aliphatic hydroxyl groups is 1. The Balaban J connectivity index is 1.88. The third-order valence-electron chi connectivity index (χ3n) is 3.08. The second-order valence-electron chi connectivity index (χ2n) is 4.37. The van der Waals surface area contributed by atoms with Crippen LogP contribution in [-0.4, -0.2) is 39.7 Å². The Kier molecular flexibility index (Phi) is 2.45. The Labute approximate surface area is 102 Å². The molecule has 94 valence electrons. The van der Waals surface area contributed by atoms with Gasteiger partial charge in [-0.05, 0) is 12.1 Å². The smallest absolute Gasteiger partial charge is 0.408 e. The number of amides is 1. The lowest BCUT2D eigenvalue weighted by Crippen LogP contribution is -2.54.